The average Bonchev–Trinajstić information content (AvgIpc) is 3.48. The maximum absolute atomic E-state index is 13.6. The van der Waals surface area contributed by atoms with Gasteiger partial charge in [-0.3, -0.25) is 4.79 Å². The molecule has 4 aromatic rings. The third-order valence-electron chi connectivity index (χ3n) is 6.19. The highest BCUT2D eigenvalue weighted by Crippen LogP contribution is 2.23. The molecule has 0 atom stereocenters. The fourth-order valence-corrected chi connectivity index (χ4v) is 4.37. The predicted molar refractivity (Wildman–Crippen MR) is 122 cm³/mol. The summed E-state index contributed by atoms with van der Waals surface area (Å²) >= 11 is 0. The van der Waals surface area contributed by atoms with Gasteiger partial charge in [0.1, 0.15) is 5.76 Å². The Morgan fingerprint density at radius 3 is 2.69 bits per heavy atom. The molecule has 0 aliphatic carbocycles. The van der Waals surface area contributed by atoms with E-state index in [1.165, 1.54) is 0 Å². The quantitative estimate of drug-likeness (QED) is 0.466. The van der Waals surface area contributed by atoms with Crippen LogP contribution in [0.15, 0.2) is 71.6 Å². The zero-order valence-electron chi connectivity index (χ0n) is 18.2. The van der Waals surface area contributed by atoms with Crippen LogP contribution in [0.25, 0.3) is 11.0 Å². The van der Waals surface area contributed by atoms with Crippen molar-refractivity contribution in [2.24, 2.45) is 0 Å². The van der Waals surface area contributed by atoms with Gasteiger partial charge in [-0.05, 0) is 56.7 Å². The first-order valence-corrected chi connectivity index (χ1v) is 11.0. The number of likely N-dealkylation sites (tertiary alicyclic amines) is 1. The molecule has 3 aromatic heterocycles. The molecule has 0 unspecified atom stereocenters. The molecule has 1 aromatic carbocycles. The van der Waals surface area contributed by atoms with Crippen molar-refractivity contribution in [2.75, 3.05) is 20.1 Å². The van der Waals surface area contributed by atoms with Crippen LogP contribution in [0, 0.1) is 0 Å². The van der Waals surface area contributed by atoms with Gasteiger partial charge in [-0.1, -0.05) is 30.3 Å². The summed E-state index contributed by atoms with van der Waals surface area (Å²) in [6.07, 6.45) is 7.02. The molecule has 0 spiro atoms. The van der Waals surface area contributed by atoms with Crippen LogP contribution in [0.5, 0.6) is 0 Å². The summed E-state index contributed by atoms with van der Waals surface area (Å²) in [6.45, 7) is 3.07. The predicted octanol–water partition coefficient (Wildman–Crippen LogP) is 3.81. The Morgan fingerprint density at radius 1 is 1.12 bits per heavy atom. The molecule has 7 heteroatoms. The normalized spacial score (nSPS) is 15.3. The fraction of sp³-hybridized carbons (Fsp3) is 0.320. The van der Waals surface area contributed by atoms with Gasteiger partial charge in [-0.15, -0.1) is 0 Å². The zero-order chi connectivity index (χ0) is 21.9. The third-order valence-corrected chi connectivity index (χ3v) is 6.19. The molecule has 0 N–H and O–H groups in total. The third kappa shape index (κ3) is 4.29. The van der Waals surface area contributed by atoms with Crippen LogP contribution in [-0.4, -0.2) is 56.7 Å². The van der Waals surface area contributed by atoms with Crippen molar-refractivity contribution < 1.29 is 9.21 Å². The van der Waals surface area contributed by atoms with Crippen LogP contribution in [-0.2, 0) is 13.1 Å². The van der Waals surface area contributed by atoms with Crippen LogP contribution in [0.4, 0.5) is 0 Å². The van der Waals surface area contributed by atoms with Crippen LogP contribution in [0.2, 0.25) is 0 Å². The fourth-order valence-electron chi connectivity index (χ4n) is 4.37. The van der Waals surface area contributed by atoms with E-state index in [0.29, 0.717) is 18.7 Å². The van der Waals surface area contributed by atoms with Gasteiger partial charge in [0.15, 0.2) is 5.65 Å². The van der Waals surface area contributed by atoms with Crippen LogP contribution >= 0.6 is 0 Å². The first kappa shape index (κ1) is 20.5. The molecular formula is C25H27N5O2. The zero-order valence-corrected chi connectivity index (χ0v) is 18.2. The lowest BCUT2D eigenvalue weighted by molar-refractivity contribution is 0.0550. The van der Waals surface area contributed by atoms with E-state index >= 15 is 0 Å². The van der Waals surface area contributed by atoms with E-state index in [-0.39, 0.29) is 11.9 Å². The number of piperidine rings is 1. The summed E-state index contributed by atoms with van der Waals surface area (Å²) in [6, 6.07) is 16.0. The van der Waals surface area contributed by atoms with E-state index in [1.807, 2.05) is 46.0 Å². The number of carbonyl (C=O) groups is 1. The Morgan fingerprint density at radius 2 is 1.94 bits per heavy atom. The van der Waals surface area contributed by atoms with E-state index in [2.05, 4.69) is 34.2 Å². The van der Waals surface area contributed by atoms with Crippen molar-refractivity contribution in [3.63, 3.8) is 0 Å². The standard InChI is InChI=1S/C25H27N5O2/c1-28-11-9-22(10-12-28)29(18-23-8-5-13-32-23)25(31)21-14-20-16-27-30(24(20)26-15-21)17-19-6-3-2-4-7-19/h2-8,13-16,22H,9-12,17-18H2,1H3. The van der Waals surface area contributed by atoms with E-state index in [4.69, 9.17) is 4.42 Å². The highest BCUT2D eigenvalue weighted by molar-refractivity contribution is 5.97. The minimum atomic E-state index is -0.0128. The summed E-state index contributed by atoms with van der Waals surface area (Å²) in [7, 11) is 2.12. The Kier molecular flexibility index (Phi) is 5.73. The van der Waals surface area contributed by atoms with E-state index < -0.39 is 0 Å². The van der Waals surface area contributed by atoms with Gasteiger partial charge in [0.2, 0.25) is 0 Å². The highest BCUT2D eigenvalue weighted by Gasteiger charge is 2.29. The summed E-state index contributed by atoms with van der Waals surface area (Å²) in [5, 5.41) is 5.37. The molecule has 0 saturated carbocycles. The number of hydrogen-bond donors (Lipinski definition) is 0. The smallest absolute Gasteiger partial charge is 0.256 e. The molecule has 1 aliphatic rings. The second-order valence-corrected chi connectivity index (χ2v) is 8.47. The van der Waals surface area contributed by atoms with E-state index in [9.17, 15) is 4.79 Å². The van der Waals surface area contributed by atoms with Gasteiger partial charge in [0, 0.05) is 17.6 Å². The highest BCUT2D eigenvalue weighted by atomic mass is 16.3. The Hall–Kier alpha value is -3.45. The van der Waals surface area contributed by atoms with Crippen molar-refractivity contribution in [1.82, 2.24) is 24.6 Å². The number of carbonyl (C=O) groups excluding carboxylic acids is 1. The lowest BCUT2D eigenvalue weighted by atomic mass is 10.0. The molecule has 1 fully saturated rings. The molecule has 164 valence electrons. The Balaban J connectivity index is 1.40. The number of hydrogen-bond acceptors (Lipinski definition) is 5. The summed E-state index contributed by atoms with van der Waals surface area (Å²) in [5.74, 6) is 0.781. The number of fused-ring (bicyclic) bond motifs is 1. The molecule has 1 aliphatic heterocycles. The molecule has 5 rings (SSSR count). The van der Waals surface area contributed by atoms with Crippen LogP contribution in [0.3, 0.4) is 0 Å². The van der Waals surface area contributed by atoms with Crippen molar-refractivity contribution in [3.8, 4) is 0 Å². The molecule has 0 radical (unpaired) electrons. The first-order chi connectivity index (χ1) is 15.7. The largest absolute Gasteiger partial charge is 0.467 e. The summed E-state index contributed by atoms with van der Waals surface area (Å²) in [5.41, 5.74) is 2.52. The Bertz CT molecular complexity index is 1180. The van der Waals surface area contributed by atoms with Gasteiger partial charge in [0.25, 0.3) is 5.91 Å². The number of aromatic nitrogens is 3. The summed E-state index contributed by atoms with van der Waals surface area (Å²) in [4.78, 5) is 22.5. The maximum atomic E-state index is 13.6. The van der Waals surface area contributed by atoms with Gasteiger partial charge >= 0.3 is 0 Å². The number of benzene rings is 1. The van der Waals surface area contributed by atoms with Crippen molar-refractivity contribution >= 4 is 16.9 Å². The molecule has 4 heterocycles. The molecule has 7 nitrogen and oxygen atoms in total. The molecule has 0 bridgehead atoms. The van der Waals surface area contributed by atoms with E-state index in [0.717, 1.165) is 48.3 Å². The van der Waals surface area contributed by atoms with Crippen LogP contribution < -0.4 is 0 Å². The Labute approximate surface area is 187 Å². The summed E-state index contributed by atoms with van der Waals surface area (Å²) < 4.78 is 7.43. The molecule has 1 saturated heterocycles. The number of furan rings is 1. The minimum Gasteiger partial charge on any atom is -0.467 e. The van der Waals surface area contributed by atoms with Gasteiger partial charge in [-0.2, -0.15) is 5.10 Å². The van der Waals surface area contributed by atoms with Gasteiger partial charge in [0.05, 0.1) is 31.1 Å². The SMILES string of the molecule is CN1CCC(N(Cc2ccco2)C(=O)c2cnc3c(cnn3Cc3ccccc3)c2)CC1. The number of nitrogens with zero attached hydrogens (tertiary/aromatic N) is 5. The van der Waals surface area contributed by atoms with Crippen molar-refractivity contribution in [3.05, 3.63) is 84.1 Å². The number of amides is 1. The number of rotatable bonds is 6. The number of pyridine rings is 1. The second-order valence-electron chi connectivity index (χ2n) is 8.47. The second kappa shape index (κ2) is 8.96. The van der Waals surface area contributed by atoms with Crippen LogP contribution in [0.1, 0.15) is 34.5 Å². The average molecular weight is 430 g/mol. The lowest BCUT2D eigenvalue weighted by Gasteiger charge is -2.37. The maximum Gasteiger partial charge on any atom is 0.256 e. The monoisotopic (exact) mass is 429 g/mol. The molecular weight excluding hydrogens is 402 g/mol. The van der Waals surface area contributed by atoms with E-state index in [1.54, 1.807) is 18.7 Å². The van der Waals surface area contributed by atoms with Gasteiger partial charge in [-0.25, -0.2) is 9.67 Å². The molecule has 1 amide bonds. The lowest BCUT2D eigenvalue weighted by Crippen LogP contribution is -2.46. The first-order valence-electron chi connectivity index (χ1n) is 11.0. The van der Waals surface area contributed by atoms with Crippen molar-refractivity contribution in [1.29, 1.82) is 0 Å². The van der Waals surface area contributed by atoms with Crippen molar-refractivity contribution in [2.45, 2.75) is 32.0 Å². The topological polar surface area (TPSA) is 67.4 Å². The van der Waals surface area contributed by atoms with Gasteiger partial charge < -0.3 is 14.2 Å². The minimum absolute atomic E-state index is 0.0128. The molecule has 32 heavy (non-hydrogen) atoms.